The standard InChI is InChI=1S/C10H10O4/c1-6-2-3-7-9(8(6)10(11)12)14-5-4-13-7/h2-3H,4-5H2,1H3,(H,11,12). The Kier molecular flexibility index (Phi) is 2.04. The van der Waals surface area contributed by atoms with Gasteiger partial charge in [-0.2, -0.15) is 0 Å². The lowest BCUT2D eigenvalue weighted by Crippen LogP contribution is -2.18. The van der Waals surface area contributed by atoms with Crippen molar-refractivity contribution in [3.63, 3.8) is 0 Å². The molecule has 0 unspecified atom stereocenters. The van der Waals surface area contributed by atoms with Gasteiger partial charge >= 0.3 is 5.97 Å². The van der Waals surface area contributed by atoms with E-state index in [1.807, 2.05) is 0 Å². The Morgan fingerprint density at radius 1 is 1.36 bits per heavy atom. The summed E-state index contributed by atoms with van der Waals surface area (Å²) in [5, 5.41) is 8.99. The van der Waals surface area contributed by atoms with Crippen LogP contribution in [0.3, 0.4) is 0 Å². The van der Waals surface area contributed by atoms with E-state index in [0.717, 1.165) is 0 Å². The predicted octanol–water partition coefficient (Wildman–Crippen LogP) is 1.46. The third-order valence-corrected chi connectivity index (χ3v) is 2.13. The minimum Gasteiger partial charge on any atom is -0.486 e. The Balaban J connectivity index is 2.60. The average molecular weight is 194 g/mol. The summed E-state index contributed by atoms with van der Waals surface area (Å²) in [5.41, 5.74) is 0.879. The van der Waals surface area contributed by atoms with Gasteiger partial charge in [-0.1, -0.05) is 6.07 Å². The zero-order chi connectivity index (χ0) is 10.1. The molecular weight excluding hydrogens is 184 g/mol. The second-order valence-corrected chi connectivity index (χ2v) is 3.09. The Morgan fingerprint density at radius 3 is 2.79 bits per heavy atom. The molecule has 0 radical (unpaired) electrons. The lowest BCUT2D eigenvalue weighted by Gasteiger charge is -2.20. The Labute approximate surface area is 81.1 Å². The van der Waals surface area contributed by atoms with Gasteiger partial charge in [-0.3, -0.25) is 0 Å². The van der Waals surface area contributed by atoms with Crippen LogP contribution in [-0.4, -0.2) is 24.3 Å². The van der Waals surface area contributed by atoms with E-state index < -0.39 is 5.97 Å². The van der Waals surface area contributed by atoms with E-state index in [9.17, 15) is 4.79 Å². The predicted molar refractivity (Wildman–Crippen MR) is 49.1 cm³/mol. The monoisotopic (exact) mass is 194 g/mol. The number of carboxylic acids is 1. The van der Waals surface area contributed by atoms with Crippen molar-refractivity contribution >= 4 is 5.97 Å². The summed E-state index contributed by atoms with van der Waals surface area (Å²) in [6.45, 7) is 2.60. The summed E-state index contributed by atoms with van der Waals surface area (Å²) in [6, 6.07) is 3.45. The number of rotatable bonds is 1. The first kappa shape index (κ1) is 8.87. The number of hydrogen-bond acceptors (Lipinski definition) is 3. The number of fused-ring (bicyclic) bond motifs is 1. The van der Waals surface area contributed by atoms with E-state index >= 15 is 0 Å². The van der Waals surface area contributed by atoms with Crippen LogP contribution in [0.5, 0.6) is 11.5 Å². The minimum absolute atomic E-state index is 0.196. The van der Waals surface area contributed by atoms with Crippen molar-refractivity contribution in [2.75, 3.05) is 13.2 Å². The molecule has 0 saturated heterocycles. The van der Waals surface area contributed by atoms with Crippen LogP contribution in [0, 0.1) is 6.92 Å². The number of ether oxygens (including phenoxy) is 2. The summed E-state index contributed by atoms with van der Waals surface area (Å²) in [5.74, 6) is -0.118. The van der Waals surface area contributed by atoms with Crippen molar-refractivity contribution in [3.05, 3.63) is 23.3 Å². The van der Waals surface area contributed by atoms with Gasteiger partial charge in [-0.05, 0) is 18.6 Å². The van der Waals surface area contributed by atoms with E-state index in [0.29, 0.717) is 30.3 Å². The molecule has 0 spiro atoms. The molecule has 1 aromatic carbocycles. The van der Waals surface area contributed by atoms with Gasteiger partial charge in [-0.15, -0.1) is 0 Å². The fourth-order valence-corrected chi connectivity index (χ4v) is 1.48. The van der Waals surface area contributed by atoms with Crippen LogP contribution in [0.4, 0.5) is 0 Å². The molecule has 1 heterocycles. The maximum atomic E-state index is 11.0. The van der Waals surface area contributed by atoms with Gasteiger partial charge in [0.05, 0.1) is 0 Å². The number of carbonyl (C=O) groups is 1. The summed E-state index contributed by atoms with van der Waals surface area (Å²) in [6.07, 6.45) is 0. The summed E-state index contributed by atoms with van der Waals surface area (Å²) >= 11 is 0. The maximum Gasteiger partial charge on any atom is 0.339 e. The van der Waals surface area contributed by atoms with E-state index in [4.69, 9.17) is 14.6 Å². The maximum absolute atomic E-state index is 11.0. The molecule has 2 rings (SSSR count). The molecule has 0 bridgehead atoms. The third kappa shape index (κ3) is 1.28. The van der Waals surface area contributed by atoms with Gasteiger partial charge in [-0.25, -0.2) is 4.79 Å². The van der Waals surface area contributed by atoms with Crippen LogP contribution in [0.1, 0.15) is 15.9 Å². The van der Waals surface area contributed by atoms with Crippen LogP contribution in [0.2, 0.25) is 0 Å². The number of hydrogen-bond donors (Lipinski definition) is 1. The van der Waals surface area contributed by atoms with Crippen molar-refractivity contribution in [3.8, 4) is 11.5 Å². The normalized spacial score (nSPS) is 13.8. The summed E-state index contributed by atoms with van der Waals surface area (Å²) in [4.78, 5) is 11.0. The van der Waals surface area contributed by atoms with Gasteiger partial charge < -0.3 is 14.6 Å². The highest BCUT2D eigenvalue weighted by Gasteiger charge is 2.21. The van der Waals surface area contributed by atoms with Crippen molar-refractivity contribution in [2.24, 2.45) is 0 Å². The molecule has 1 aliphatic heterocycles. The van der Waals surface area contributed by atoms with Gasteiger partial charge in [0.25, 0.3) is 0 Å². The first-order valence-electron chi connectivity index (χ1n) is 4.32. The first-order valence-corrected chi connectivity index (χ1v) is 4.32. The fraction of sp³-hybridized carbons (Fsp3) is 0.300. The van der Waals surface area contributed by atoms with Crippen LogP contribution >= 0.6 is 0 Å². The zero-order valence-corrected chi connectivity index (χ0v) is 7.74. The third-order valence-electron chi connectivity index (χ3n) is 2.13. The molecule has 1 aromatic rings. The second-order valence-electron chi connectivity index (χ2n) is 3.09. The Hall–Kier alpha value is -1.71. The van der Waals surface area contributed by atoms with Crippen molar-refractivity contribution in [2.45, 2.75) is 6.92 Å². The topological polar surface area (TPSA) is 55.8 Å². The fourth-order valence-electron chi connectivity index (χ4n) is 1.48. The van der Waals surface area contributed by atoms with Crippen molar-refractivity contribution in [1.29, 1.82) is 0 Å². The largest absolute Gasteiger partial charge is 0.486 e. The number of aryl methyl sites for hydroxylation is 1. The molecule has 74 valence electrons. The van der Waals surface area contributed by atoms with Gasteiger partial charge in [0.1, 0.15) is 18.8 Å². The highest BCUT2D eigenvalue weighted by molar-refractivity contribution is 5.93. The van der Waals surface area contributed by atoms with Crippen molar-refractivity contribution in [1.82, 2.24) is 0 Å². The van der Waals surface area contributed by atoms with E-state index in [1.165, 1.54) is 0 Å². The molecular formula is C10H10O4. The quantitative estimate of drug-likeness (QED) is 0.735. The molecule has 1 N–H and O–H groups in total. The van der Waals surface area contributed by atoms with Crippen molar-refractivity contribution < 1.29 is 19.4 Å². The lowest BCUT2D eigenvalue weighted by atomic mass is 10.1. The minimum atomic E-state index is -0.982. The van der Waals surface area contributed by atoms with Crippen LogP contribution in [-0.2, 0) is 0 Å². The molecule has 0 amide bonds. The molecule has 0 aliphatic carbocycles. The first-order chi connectivity index (χ1) is 6.70. The summed E-state index contributed by atoms with van der Waals surface area (Å²) < 4.78 is 10.6. The van der Waals surface area contributed by atoms with Gasteiger partial charge in [0.2, 0.25) is 0 Å². The molecule has 0 atom stereocenters. The number of carboxylic acid groups (broad SMARTS) is 1. The zero-order valence-electron chi connectivity index (χ0n) is 7.74. The van der Waals surface area contributed by atoms with E-state index in [-0.39, 0.29) is 5.56 Å². The van der Waals surface area contributed by atoms with E-state index in [2.05, 4.69) is 0 Å². The SMILES string of the molecule is Cc1ccc2c(c1C(=O)O)OCCO2. The average Bonchev–Trinajstić information content (AvgIpc) is 2.17. The van der Waals surface area contributed by atoms with Crippen LogP contribution < -0.4 is 9.47 Å². The van der Waals surface area contributed by atoms with Crippen LogP contribution in [0.15, 0.2) is 12.1 Å². The molecule has 0 aromatic heterocycles. The summed E-state index contributed by atoms with van der Waals surface area (Å²) in [7, 11) is 0. The molecule has 1 aliphatic rings. The molecule has 0 saturated carbocycles. The van der Waals surface area contributed by atoms with Crippen LogP contribution in [0.25, 0.3) is 0 Å². The van der Waals surface area contributed by atoms with E-state index in [1.54, 1.807) is 19.1 Å². The molecule has 4 nitrogen and oxygen atoms in total. The van der Waals surface area contributed by atoms with Gasteiger partial charge in [0, 0.05) is 0 Å². The molecule has 14 heavy (non-hydrogen) atoms. The Morgan fingerprint density at radius 2 is 2.07 bits per heavy atom. The molecule has 0 fully saturated rings. The van der Waals surface area contributed by atoms with Gasteiger partial charge in [0.15, 0.2) is 11.5 Å². The number of aromatic carboxylic acids is 1. The lowest BCUT2D eigenvalue weighted by molar-refractivity contribution is 0.0685. The second kappa shape index (κ2) is 3.21. The number of benzene rings is 1. The highest BCUT2D eigenvalue weighted by atomic mass is 16.6. The molecule has 4 heteroatoms. The highest BCUT2D eigenvalue weighted by Crippen LogP contribution is 2.35. The Bertz CT molecular complexity index is 384. The smallest absolute Gasteiger partial charge is 0.339 e.